The Bertz CT molecular complexity index is 875. The number of aryl methyl sites for hydroxylation is 1. The highest BCUT2D eigenvalue weighted by molar-refractivity contribution is 5.78. The normalized spacial score (nSPS) is 17.5. The number of aromatic nitrogens is 5. The van der Waals surface area contributed by atoms with Crippen LogP contribution < -0.4 is 0 Å². The molecule has 1 fully saturated rings. The van der Waals surface area contributed by atoms with Crippen molar-refractivity contribution < 1.29 is 9.18 Å². The van der Waals surface area contributed by atoms with Crippen LogP contribution in [0.3, 0.4) is 0 Å². The number of imidazole rings is 1. The molecule has 2 aromatic heterocycles. The fraction of sp³-hybridized carbons (Fsp3) is 0.412. The Labute approximate surface area is 143 Å². The van der Waals surface area contributed by atoms with Gasteiger partial charge in [-0.3, -0.25) is 9.48 Å². The van der Waals surface area contributed by atoms with E-state index in [-0.39, 0.29) is 17.8 Å². The molecule has 4 rings (SSSR count). The lowest BCUT2D eigenvalue weighted by Gasteiger charge is -2.23. The van der Waals surface area contributed by atoms with E-state index in [1.165, 1.54) is 18.5 Å². The Morgan fingerprint density at radius 1 is 1.40 bits per heavy atom. The van der Waals surface area contributed by atoms with Gasteiger partial charge in [0.25, 0.3) is 0 Å². The summed E-state index contributed by atoms with van der Waals surface area (Å²) in [6.45, 7) is 1.41. The molecule has 8 heteroatoms. The van der Waals surface area contributed by atoms with E-state index in [1.54, 1.807) is 17.1 Å². The number of aromatic amines is 1. The Morgan fingerprint density at radius 3 is 3.16 bits per heavy atom. The van der Waals surface area contributed by atoms with Crippen molar-refractivity contribution >= 4 is 16.9 Å². The standard InChI is InChI=1S/C17H19FN6O/c18-12-5-6-13-14(9-12)22-17(21-13)15-3-1-8-24(15)16(25)4-2-7-23-11-19-10-20-23/h5-6,9-11,15H,1-4,7-8H2,(H,21,22)/t15-/m1/s1. The summed E-state index contributed by atoms with van der Waals surface area (Å²) in [5.74, 6) is 0.562. The zero-order valence-electron chi connectivity index (χ0n) is 13.7. The van der Waals surface area contributed by atoms with E-state index in [0.29, 0.717) is 18.5 Å². The lowest BCUT2D eigenvalue weighted by Crippen LogP contribution is -2.31. The predicted octanol–water partition coefficient (Wildman–Crippen LogP) is 2.44. The predicted molar refractivity (Wildman–Crippen MR) is 89.0 cm³/mol. The molecule has 0 spiro atoms. The number of halogens is 1. The Kier molecular flexibility index (Phi) is 4.17. The number of H-pyrrole nitrogens is 1. The average molecular weight is 342 g/mol. The van der Waals surface area contributed by atoms with Crippen LogP contribution in [0.25, 0.3) is 11.0 Å². The van der Waals surface area contributed by atoms with Crippen LogP contribution in [0.1, 0.15) is 37.5 Å². The molecule has 1 amide bonds. The molecule has 7 nitrogen and oxygen atoms in total. The minimum atomic E-state index is -0.296. The van der Waals surface area contributed by atoms with Crippen molar-refractivity contribution in [3.63, 3.8) is 0 Å². The Morgan fingerprint density at radius 2 is 2.32 bits per heavy atom. The monoisotopic (exact) mass is 342 g/mol. The minimum absolute atomic E-state index is 0.0608. The van der Waals surface area contributed by atoms with Crippen molar-refractivity contribution in [2.75, 3.05) is 6.54 Å². The first kappa shape index (κ1) is 15.7. The number of hydrogen-bond acceptors (Lipinski definition) is 4. The van der Waals surface area contributed by atoms with Crippen LogP contribution in [0.15, 0.2) is 30.9 Å². The molecule has 0 bridgehead atoms. The minimum Gasteiger partial charge on any atom is -0.340 e. The summed E-state index contributed by atoms with van der Waals surface area (Å²) in [7, 11) is 0. The van der Waals surface area contributed by atoms with Crippen LogP contribution in [0.4, 0.5) is 4.39 Å². The van der Waals surface area contributed by atoms with Gasteiger partial charge in [-0.25, -0.2) is 14.4 Å². The molecule has 1 aliphatic heterocycles. The summed E-state index contributed by atoms with van der Waals surface area (Å²) in [6, 6.07) is 4.43. The van der Waals surface area contributed by atoms with Gasteiger partial charge in [0.15, 0.2) is 0 Å². The maximum absolute atomic E-state index is 13.4. The second-order valence-corrected chi connectivity index (χ2v) is 6.29. The van der Waals surface area contributed by atoms with Gasteiger partial charge >= 0.3 is 0 Å². The van der Waals surface area contributed by atoms with Gasteiger partial charge in [-0.15, -0.1) is 0 Å². The number of fused-ring (bicyclic) bond motifs is 1. The van der Waals surface area contributed by atoms with Crippen LogP contribution in [-0.2, 0) is 11.3 Å². The number of likely N-dealkylation sites (tertiary alicyclic amines) is 1. The Hall–Kier alpha value is -2.77. The maximum atomic E-state index is 13.4. The third kappa shape index (κ3) is 3.24. The topological polar surface area (TPSA) is 79.7 Å². The largest absolute Gasteiger partial charge is 0.340 e. The second kappa shape index (κ2) is 6.62. The van der Waals surface area contributed by atoms with Crippen molar-refractivity contribution in [1.29, 1.82) is 0 Å². The van der Waals surface area contributed by atoms with Gasteiger partial charge in [0, 0.05) is 19.5 Å². The van der Waals surface area contributed by atoms with Crippen molar-refractivity contribution in [3.05, 3.63) is 42.5 Å². The molecule has 0 radical (unpaired) electrons. The number of nitrogens with zero attached hydrogens (tertiary/aromatic N) is 5. The van der Waals surface area contributed by atoms with E-state index in [1.807, 2.05) is 4.90 Å². The summed E-state index contributed by atoms with van der Waals surface area (Å²) in [5, 5.41) is 4.04. The molecule has 1 atom stereocenters. The first-order chi connectivity index (χ1) is 12.2. The highest BCUT2D eigenvalue weighted by Crippen LogP contribution is 2.32. The lowest BCUT2D eigenvalue weighted by molar-refractivity contribution is -0.132. The maximum Gasteiger partial charge on any atom is 0.223 e. The number of hydrogen-bond donors (Lipinski definition) is 1. The first-order valence-corrected chi connectivity index (χ1v) is 8.48. The van der Waals surface area contributed by atoms with E-state index in [2.05, 4.69) is 20.1 Å². The molecule has 1 aromatic carbocycles. The quantitative estimate of drug-likeness (QED) is 0.772. The molecule has 25 heavy (non-hydrogen) atoms. The number of carbonyl (C=O) groups excluding carboxylic acids is 1. The molecule has 3 aromatic rings. The zero-order chi connectivity index (χ0) is 17.2. The van der Waals surface area contributed by atoms with E-state index in [0.717, 1.165) is 37.1 Å². The number of carbonyl (C=O) groups is 1. The molecule has 1 saturated heterocycles. The van der Waals surface area contributed by atoms with Crippen molar-refractivity contribution in [2.45, 2.75) is 38.3 Å². The van der Waals surface area contributed by atoms with E-state index in [9.17, 15) is 9.18 Å². The third-order valence-electron chi connectivity index (χ3n) is 4.60. The van der Waals surface area contributed by atoms with Crippen LogP contribution in [0.5, 0.6) is 0 Å². The van der Waals surface area contributed by atoms with Crippen molar-refractivity contribution in [3.8, 4) is 0 Å². The van der Waals surface area contributed by atoms with Gasteiger partial charge in [-0.05, 0) is 37.5 Å². The Balaban J connectivity index is 1.44. The molecular weight excluding hydrogens is 323 g/mol. The van der Waals surface area contributed by atoms with Crippen LogP contribution in [0.2, 0.25) is 0 Å². The van der Waals surface area contributed by atoms with Gasteiger partial charge in [0.2, 0.25) is 5.91 Å². The molecule has 3 heterocycles. The fourth-order valence-electron chi connectivity index (χ4n) is 3.39. The van der Waals surface area contributed by atoms with E-state index < -0.39 is 0 Å². The molecule has 130 valence electrons. The van der Waals surface area contributed by atoms with Crippen molar-refractivity contribution in [2.24, 2.45) is 0 Å². The van der Waals surface area contributed by atoms with E-state index in [4.69, 9.17) is 0 Å². The highest BCUT2D eigenvalue weighted by Gasteiger charge is 2.31. The molecule has 1 aliphatic rings. The van der Waals surface area contributed by atoms with Crippen LogP contribution >= 0.6 is 0 Å². The van der Waals surface area contributed by atoms with Gasteiger partial charge in [0.05, 0.1) is 17.1 Å². The average Bonchev–Trinajstić information content (AvgIpc) is 3.33. The van der Waals surface area contributed by atoms with Crippen molar-refractivity contribution in [1.82, 2.24) is 29.6 Å². The number of benzene rings is 1. The van der Waals surface area contributed by atoms with Crippen LogP contribution in [-0.4, -0.2) is 42.1 Å². The van der Waals surface area contributed by atoms with Gasteiger partial charge in [-0.2, -0.15) is 5.10 Å². The summed E-state index contributed by atoms with van der Waals surface area (Å²) < 4.78 is 15.1. The summed E-state index contributed by atoms with van der Waals surface area (Å²) in [4.78, 5) is 26.1. The molecule has 1 N–H and O–H groups in total. The van der Waals surface area contributed by atoms with Crippen LogP contribution in [0, 0.1) is 5.82 Å². The lowest BCUT2D eigenvalue weighted by atomic mass is 10.2. The molecular formula is C17H19FN6O. The highest BCUT2D eigenvalue weighted by atomic mass is 19.1. The van der Waals surface area contributed by atoms with Gasteiger partial charge < -0.3 is 9.88 Å². The van der Waals surface area contributed by atoms with Gasteiger partial charge in [-0.1, -0.05) is 0 Å². The first-order valence-electron chi connectivity index (χ1n) is 8.48. The smallest absolute Gasteiger partial charge is 0.223 e. The molecule has 0 aliphatic carbocycles. The summed E-state index contributed by atoms with van der Waals surface area (Å²) in [5.41, 5.74) is 1.39. The number of nitrogens with one attached hydrogen (secondary N) is 1. The number of rotatable bonds is 5. The summed E-state index contributed by atoms with van der Waals surface area (Å²) in [6.07, 6.45) is 6.14. The third-order valence-corrected chi connectivity index (χ3v) is 4.60. The van der Waals surface area contributed by atoms with Gasteiger partial charge in [0.1, 0.15) is 24.3 Å². The SMILES string of the molecule is O=C(CCCn1cncn1)N1CCC[C@@H]1c1nc2ccc(F)cc2[nH]1. The molecule has 0 saturated carbocycles. The zero-order valence-corrected chi connectivity index (χ0v) is 13.7. The second-order valence-electron chi connectivity index (χ2n) is 6.29. The fourth-order valence-corrected chi connectivity index (χ4v) is 3.39. The molecule has 0 unspecified atom stereocenters. The number of amides is 1. The summed E-state index contributed by atoms with van der Waals surface area (Å²) >= 11 is 0. The van der Waals surface area contributed by atoms with E-state index >= 15 is 0 Å².